The van der Waals surface area contributed by atoms with Crippen LogP contribution in [0.1, 0.15) is 5.56 Å². The van der Waals surface area contributed by atoms with Gasteiger partial charge < -0.3 is 15.4 Å². The highest BCUT2D eigenvalue weighted by atomic mass is 16.5. The molecular weight excluding hydrogens is 242 g/mol. The molecule has 0 bridgehead atoms. The number of nitrogen functional groups attached to an aromatic ring is 1. The zero-order valence-electron chi connectivity index (χ0n) is 10.2. The molecule has 96 valence electrons. The van der Waals surface area contributed by atoms with Crippen molar-refractivity contribution in [3.8, 4) is 5.75 Å². The number of ether oxygens (including phenoxy) is 1. The Morgan fingerprint density at radius 1 is 1.32 bits per heavy atom. The van der Waals surface area contributed by atoms with Crippen molar-refractivity contribution in [1.82, 2.24) is 4.98 Å². The average Bonchev–Trinajstić information content (AvgIpc) is 2.42. The van der Waals surface area contributed by atoms with Gasteiger partial charge in [-0.15, -0.1) is 0 Å². The van der Waals surface area contributed by atoms with Crippen LogP contribution in [0.2, 0.25) is 0 Å². The first-order valence-corrected chi connectivity index (χ1v) is 5.96. The Morgan fingerprint density at radius 3 is 3.00 bits per heavy atom. The van der Waals surface area contributed by atoms with Gasteiger partial charge in [-0.3, -0.25) is 4.79 Å². The molecule has 0 saturated heterocycles. The van der Waals surface area contributed by atoms with Gasteiger partial charge in [-0.25, -0.2) is 4.98 Å². The molecule has 0 aliphatic carbocycles. The summed E-state index contributed by atoms with van der Waals surface area (Å²) in [4.78, 5) is 17.6. The zero-order chi connectivity index (χ0) is 13.2. The van der Waals surface area contributed by atoms with Crippen molar-refractivity contribution in [1.29, 1.82) is 0 Å². The van der Waals surface area contributed by atoms with Crippen molar-refractivity contribution in [2.45, 2.75) is 6.54 Å². The number of carbonyl (C=O) groups is 1. The van der Waals surface area contributed by atoms with Gasteiger partial charge in [-0.1, -0.05) is 12.1 Å². The van der Waals surface area contributed by atoms with Crippen LogP contribution in [0.3, 0.4) is 0 Å². The van der Waals surface area contributed by atoms with Gasteiger partial charge in [0.1, 0.15) is 11.6 Å². The average molecular weight is 255 g/mol. The summed E-state index contributed by atoms with van der Waals surface area (Å²) in [5, 5.41) is 0. The fourth-order valence-corrected chi connectivity index (χ4v) is 2.10. The largest absolute Gasteiger partial charge is 0.482 e. The SMILES string of the molecule is Nc1cc(CN2C(=O)COc3ccccc32)ccn1. The van der Waals surface area contributed by atoms with E-state index in [1.54, 1.807) is 17.2 Å². The molecule has 0 unspecified atom stereocenters. The Bertz CT molecular complexity index is 628. The summed E-state index contributed by atoms with van der Waals surface area (Å²) >= 11 is 0. The number of carbonyl (C=O) groups excluding carboxylic acids is 1. The molecule has 19 heavy (non-hydrogen) atoms. The minimum Gasteiger partial charge on any atom is -0.482 e. The number of para-hydroxylation sites is 2. The van der Waals surface area contributed by atoms with Gasteiger partial charge in [-0.2, -0.15) is 0 Å². The van der Waals surface area contributed by atoms with E-state index in [-0.39, 0.29) is 12.5 Å². The van der Waals surface area contributed by atoms with Crippen LogP contribution in [0.15, 0.2) is 42.6 Å². The molecular formula is C14H13N3O2. The van der Waals surface area contributed by atoms with Gasteiger partial charge in [-0.05, 0) is 29.8 Å². The number of fused-ring (bicyclic) bond motifs is 1. The first kappa shape index (κ1) is 11.5. The second-order valence-corrected chi connectivity index (χ2v) is 4.33. The maximum Gasteiger partial charge on any atom is 0.265 e. The van der Waals surface area contributed by atoms with E-state index in [4.69, 9.17) is 10.5 Å². The number of amides is 1. The number of nitrogens with zero attached hydrogens (tertiary/aromatic N) is 2. The van der Waals surface area contributed by atoms with E-state index >= 15 is 0 Å². The first-order valence-electron chi connectivity index (χ1n) is 5.96. The van der Waals surface area contributed by atoms with Crippen LogP contribution in [-0.2, 0) is 11.3 Å². The van der Waals surface area contributed by atoms with E-state index in [0.717, 1.165) is 17.0 Å². The predicted molar refractivity (Wildman–Crippen MR) is 71.8 cm³/mol. The molecule has 0 spiro atoms. The third kappa shape index (κ3) is 2.22. The van der Waals surface area contributed by atoms with Crippen molar-refractivity contribution < 1.29 is 9.53 Å². The monoisotopic (exact) mass is 255 g/mol. The lowest BCUT2D eigenvalue weighted by Gasteiger charge is -2.29. The van der Waals surface area contributed by atoms with Gasteiger partial charge in [0.25, 0.3) is 5.91 Å². The van der Waals surface area contributed by atoms with E-state index in [9.17, 15) is 4.79 Å². The molecule has 1 aromatic carbocycles. The first-order chi connectivity index (χ1) is 9.24. The number of pyridine rings is 1. The fourth-order valence-electron chi connectivity index (χ4n) is 2.10. The third-order valence-corrected chi connectivity index (χ3v) is 2.99. The van der Waals surface area contributed by atoms with Gasteiger partial charge in [0.2, 0.25) is 0 Å². The summed E-state index contributed by atoms with van der Waals surface area (Å²) in [6, 6.07) is 11.1. The quantitative estimate of drug-likeness (QED) is 0.884. The summed E-state index contributed by atoms with van der Waals surface area (Å²) in [5.74, 6) is 1.12. The van der Waals surface area contributed by atoms with Gasteiger partial charge in [0.15, 0.2) is 6.61 Å². The maximum atomic E-state index is 12.0. The number of benzene rings is 1. The van der Waals surface area contributed by atoms with Gasteiger partial charge in [0.05, 0.1) is 12.2 Å². The smallest absolute Gasteiger partial charge is 0.265 e. The molecule has 0 radical (unpaired) electrons. The number of hydrogen-bond acceptors (Lipinski definition) is 4. The second-order valence-electron chi connectivity index (χ2n) is 4.33. The highest BCUT2D eigenvalue weighted by Crippen LogP contribution is 2.32. The summed E-state index contributed by atoms with van der Waals surface area (Å²) in [7, 11) is 0. The van der Waals surface area contributed by atoms with Crippen LogP contribution in [-0.4, -0.2) is 17.5 Å². The summed E-state index contributed by atoms with van der Waals surface area (Å²) in [6.07, 6.45) is 1.64. The van der Waals surface area contributed by atoms with Crippen molar-refractivity contribution in [2.24, 2.45) is 0 Å². The van der Waals surface area contributed by atoms with Crippen LogP contribution in [0.4, 0.5) is 11.5 Å². The lowest BCUT2D eigenvalue weighted by Crippen LogP contribution is -2.38. The molecule has 3 rings (SSSR count). The molecule has 0 saturated carbocycles. The van der Waals surface area contributed by atoms with Crippen LogP contribution in [0.5, 0.6) is 5.75 Å². The van der Waals surface area contributed by atoms with Crippen molar-refractivity contribution >= 4 is 17.4 Å². The molecule has 2 N–H and O–H groups in total. The third-order valence-electron chi connectivity index (χ3n) is 2.99. The lowest BCUT2D eigenvalue weighted by atomic mass is 10.2. The van der Waals surface area contributed by atoms with Crippen LogP contribution in [0, 0.1) is 0 Å². The standard InChI is InChI=1S/C14H13N3O2/c15-13-7-10(5-6-16-13)8-17-11-3-1-2-4-12(11)19-9-14(17)18/h1-7H,8-9H2,(H2,15,16). The van der Waals surface area contributed by atoms with E-state index in [0.29, 0.717) is 12.4 Å². The number of aromatic nitrogens is 1. The Balaban J connectivity index is 1.94. The predicted octanol–water partition coefficient (Wildman–Crippen LogP) is 1.59. The normalized spacial score (nSPS) is 13.9. The second kappa shape index (κ2) is 4.61. The maximum absolute atomic E-state index is 12.0. The van der Waals surface area contributed by atoms with Crippen molar-refractivity contribution in [2.75, 3.05) is 17.2 Å². The molecule has 2 aromatic rings. The summed E-state index contributed by atoms with van der Waals surface area (Å²) in [5.41, 5.74) is 7.38. The summed E-state index contributed by atoms with van der Waals surface area (Å²) in [6.45, 7) is 0.531. The van der Waals surface area contributed by atoms with E-state index < -0.39 is 0 Å². The molecule has 0 atom stereocenters. The van der Waals surface area contributed by atoms with E-state index in [1.807, 2.05) is 30.3 Å². The number of nitrogens with two attached hydrogens (primary N) is 1. The minimum absolute atomic E-state index is 0.0610. The van der Waals surface area contributed by atoms with Crippen molar-refractivity contribution in [3.63, 3.8) is 0 Å². The highest BCUT2D eigenvalue weighted by molar-refractivity contribution is 5.97. The van der Waals surface area contributed by atoms with E-state index in [1.165, 1.54) is 0 Å². The fraction of sp³-hybridized carbons (Fsp3) is 0.143. The van der Waals surface area contributed by atoms with Crippen LogP contribution < -0.4 is 15.4 Å². The molecule has 2 heterocycles. The molecule has 5 heteroatoms. The molecule has 1 aliphatic rings. The van der Waals surface area contributed by atoms with Crippen molar-refractivity contribution in [3.05, 3.63) is 48.2 Å². The number of rotatable bonds is 2. The molecule has 1 amide bonds. The molecule has 1 aromatic heterocycles. The highest BCUT2D eigenvalue weighted by Gasteiger charge is 2.25. The Morgan fingerprint density at radius 2 is 2.16 bits per heavy atom. The van der Waals surface area contributed by atoms with Gasteiger partial charge in [0, 0.05) is 6.20 Å². The Labute approximate surface area is 110 Å². The Hall–Kier alpha value is -2.56. The number of anilines is 2. The minimum atomic E-state index is -0.0610. The topological polar surface area (TPSA) is 68.5 Å². The number of hydrogen-bond donors (Lipinski definition) is 1. The van der Waals surface area contributed by atoms with E-state index in [2.05, 4.69) is 4.98 Å². The molecule has 0 fully saturated rings. The zero-order valence-corrected chi connectivity index (χ0v) is 10.2. The lowest BCUT2D eigenvalue weighted by molar-refractivity contribution is -0.121. The Kier molecular flexibility index (Phi) is 2.79. The van der Waals surface area contributed by atoms with Gasteiger partial charge >= 0.3 is 0 Å². The molecule has 1 aliphatic heterocycles. The van der Waals surface area contributed by atoms with Crippen LogP contribution >= 0.6 is 0 Å². The summed E-state index contributed by atoms with van der Waals surface area (Å²) < 4.78 is 5.40. The molecule has 5 nitrogen and oxygen atoms in total. The van der Waals surface area contributed by atoms with Crippen LogP contribution in [0.25, 0.3) is 0 Å².